The van der Waals surface area contributed by atoms with Crippen LogP contribution in [0.2, 0.25) is 5.15 Å². The van der Waals surface area contributed by atoms with Crippen LogP contribution in [0.25, 0.3) is 0 Å². The van der Waals surface area contributed by atoms with Gasteiger partial charge in [0, 0.05) is 36.7 Å². The van der Waals surface area contributed by atoms with Crippen LogP contribution in [0.1, 0.15) is 21.5 Å². The smallest absolute Gasteiger partial charge is 0.255 e. The molecule has 1 N–H and O–H groups in total. The molecule has 1 aromatic heterocycles. The summed E-state index contributed by atoms with van der Waals surface area (Å²) in [4.78, 5) is 23.5. The first-order valence-electron chi connectivity index (χ1n) is 12.1. The Morgan fingerprint density at radius 2 is 1.64 bits per heavy atom. The Hall–Kier alpha value is -3.82. The molecule has 0 atom stereocenters. The summed E-state index contributed by atoms with van der Waals surface area (Å²) in [6.45, 7) is 0.717. The number of hydrogen-bond acceptors (Lipinski definition) is 7. The number of ether oxygens (including phenoxy) is 2. The monoisotopic (exact) mass is 566 g/mol. The lowest BCUT2D eigenvalue weighted by Gasteiger charge is -2.19. The minimum atomic E-state index is -0.355. The number of likely N-dealkylation sites (N-methyl/N-ethyl adjacent to an activating group) is 1. The van der Waals surface area contributed by atoms with Crippen LogP contribution in [0.15, 0.2) is 78.0 Å². The molecule has 0 bridgehead atoms. The van der Waals surface area contributed by atoms with Crippen LogP contribution in [0.4, 0.5) is 15.9 Å². The molecule has 0 aliphatic rings. The van der Waals surface area contributed by atoms with E-state index in [1.54, 1.807) is 32.4 Å². The van der Waals surface area contributed by atoms with E-state index < -0.39 is 0 Å². The Labute approximate surface area is 236 Å². The number of thioether (sulfide) groups is 1. The number of carbonyl (C=O) groups excluding carboxylic acids is 1. The fraction of sp³-hybridized carbons (Fsp3) is 0.207. The molecule has 0 spiro atoms. The van der Waals surface area contributed by atoms with Crippen molar-refractivity contribution in [2.45, 2.75) is 17.3 Å². The van der Waals surface area contributed by atoms with Crippen LogP contribution >= 0.6 is 23.4 Å². The summed E-state index contributed by atoms with van der Waals surface area (Å²) in [6, 6.07) is 20.5. The number of amides is 1. The van der Waals surface area contributed by atoms with Crippen LogP contribution in [0.5, 0.6) is 11.5 Å². The van der Waals surface area contributed by atoms with Gasteiger partial charge in [0.2, 0.25) is 0 Å². The van der Waals surface area contributed by atoms with Crippen molar-refractivity contribution in [1.29, 1.82) is 0 Å². The van der Waals surface area contributed by atoms with Gasteiger partial charge in [0.25, 0.3) is 5.91 Å². The zero-order chi connectivity index (χ0) is 27.8. The summed E-state index contributed by atoms with van der Waals surface area (Å²) in [5, 5.41) is 3.69. The van der Waals surface area contributed by atoms with Crippen LogP contribution in [0, 0.1) is 5.82 Å². The minimum Gasteiger partial charge on any atom is -0.493 e. The Morgan fingerprint density at radius 3 is 2.33 bits per heavy atom. The minimum absolute atomic E-state index is 0.264. The van der Waals surface area contributed by atoms with E-state index in [0.717, 1.165) is 23.4 Å². The van der Waals surface area contributed by atoms with Crippen molar-refractivity contribution in [2.24, 2.45) is 0 Å². The van der Waals surface area contributed by atoms with Crippen molar-refractivity contribution < 1.29 is 18.7 Å². The van der Waals surface area contributed by atoms with Gasteiger partial charge >= 0.3 is 0 Å². The number of halogens is 2. The van der Waals surface area contributed by atoms with Gasteiger partial charge in [-0.05, 0) is 66.1 Å². The quantitative estimate of drug-likeness (QED) is 0.126. The topological polar surface area (TPSA) is 76.6 Å². The maximum absolute atomic E-state index is 13.1. The van der Waals surface area contributed by atoms with E-state index >= 15 is 0 Å². The molecule has 0 unspecified atom stereocenters. The highest BCUT2D eigenvalue weighted by Crippen LogP contribution is 2.28. The Morgan fingerprint density at radius 1 is 0.949 bits per heavy atom. The second kappa shape index (κ2) is 13.3. The zero-order valence-electron chi connectivity index (χ0n) is 21.8. The van der Waals surface area contributed by atoms with E-state index in [-0.39, 0.29) is 11.7 Å². The van der Waals surface area contributed by atoms with Crippen LogP contribution < -0.4 is 19.7 Å². The molecule has 0 radical (unpaired) electrons. The zero-order valence-corrected chi connectivity index (χ0v) is 23.4. The molecule has 7 nitrogen and oxygen atoms in total. The molecule has 4 aromatic rings. The third-order valence-electron chi connectivity index (χ3n) is 5.92. The number of nitrogens with zero attached hydrogens (tertiary/aromatic N) is 3. The molecule has 4 rings (SSSR count). The Bertz CT molecular complexity index is 1420. The molecule has 3 aromatic carbocycles. The normalized spacial score (nSPS) is 10.7. The van der Waals surface area contributed by atoms with Crippen LogP contribution in [-0.2, 0) is 12.2 Å². The number of benzene rings is 3. The molecule has 10 heteroatoms. The summed E-state index contributed by atoms with van der Waals surface area (Å²) >= 11 is 7.77. The van der Waals surface area contributed by atoms with Crippen molar-refractivity contribution in [3.05, 3.63) is 100 Å². The first kappa shape index (κ1) is 28.2. The predicted molar refractivity (Wildman–Crippen MR) is 154 cm³/mol. The van der Waals surface area contributed by atoms with E-state index in [1.165, 1.54) is 36.0 Å². The number of carbonyl (C=O) groups is 1. The van der Waals surface area contributed by atoms with E-state index in [0.29, 0.717) is 45.4 Å². The van der Waals surface area contributed by atoms with Gasteiger partial charge in [-0.1, -0.05) is 41.6 Å². The largest absolute Gasteiger partial charge is 0.493 e. The number of methoxy groups -OCH3 is 2. The second-order valence-corrected chi connectivity index (χ2v) is 9.97. The van der Waals surface area contributed by atoms with Crippen molar-refractivity contribution in [3.63, 3.8) is 0 Å². The predicted octanol–water partition coefficient (Wildman–Crippen LogP) is 6.51. The number of anilines is 2. The molecule has 0 fully saturated rings. The molecule has 202 valence electrons. The Balaban J connectivity index is 1.33. The summed E-state index contributed by atoms with van der Waals surface area (Å²) in [7, 11) is 5.20. The van der Waals surface area contributed by atoms with Crippen LogP contribution in [0.3, 0.4) is 0 Å². The van der Waals surface area contributed by atoms with Crippen LogP contribution in [-0.4, -0.2) is 43.7 Å². The lowest BCUT2D eigenvalue weighted by Crippen LogP contribution is -2.21. The van der Waals surface area contributed by atoms with E-state index in [4.69, 9.17) is 21.1 Å². The van der Waals surface area contributed by atoms with Crippen molar-refractivity contribution in [1.82, 2.24) is 9.97 Å². The summed E-state index contributed by atoms with van der Waals surface area (Å²) in [6.07, 6.45) is 0.780. The highest BCUT2D eigenvalue weighted by atomic mass is 35.5. The summed E-state index contributed by atoms with van der Waals surface area (Å²) in [5.74, 6) is 2.11. The highest BCUT2D eigenvalue weighted by molar-refractivity contribution is 7.98. The number of rotatable bonds is 11. The molecule has 1 amide bonds. The van der Waals surface area contributed by atoms with Gasteiger partial charge in [0.05, 0.1) is 14.2 Å². The highest BCUT2D eigenvalue weighted by Gasteiger charge is 2.11. The van der Waals surface area contributed by atoms with Crippen molar-refractivity contribution >= 4 is 40.8 Å². The fourth-order valence-electron chi connectivity index (χ4n) is 3.73. The first-order chi connectivity index (χ1) is 18.8. The number of hydrogen-bond donors (Lipinski definition) is 1. The molecule has 1 heterocycles. The SMILES string of the molecule is COc1ccc(CCN(C)c2cc(Cl)nc(SCc3ccc(C(=O)Nc4ccc(F)cc4)cc3)n2)cc1OC. The molecular formula is C29H28ClFN4O3S. The van der Waals surface area contributed by atoms with E-state index in [9.17, 15) is 9.18 Å². The Kier molecular flexibility index (Phi) is 9.62. The summed E-state index contributed by atoms with van der Waals surface area (Å²) in [5.41, 5.74) is 3.16. The molecule has 39 heavy (non-hydrogen) atoms. The molecular weight excluding hydrogens is 539 g/mol. The van der Waals surface area contributed by atoms with Gasteiger partial charge in [-0.3, -0.25) is 4.79 Å². The second-order valence-electron chi connectivity index (χ2n) is 8.64. The maximum Gasteiger partial charge on any atom is 0.255 e. The van der Waals surface area contributed by atoms with Gasteiger partial charge < -0.3 is 19.7 Å². The maximum atomic E-state index is 13.1. The van der Waals surface area contributed by atoms with E-state index in [2.05, 4.69) is 15.3 Å². The van der Waals surface area contributed by atoms with Crippen molar-refractivity contribution in [3.8, 4) is 11.5 Å². The van der Waals surface area contributed by atoms with Gasteiger partial charge in [0.1, 0.15) is 16.8 Å². The molecule has 0 aliphatic carbocycles. The third kappa shape index (κ3) is 7.84. The average Bonchev–Trinajstić information content (AvgIpc) is 2.95. The van der Waals surface area contributed by atoms with Gasteiger partial charge in [-0.2, -0.15) is 0 Å². The lowest BCUT2D eigenvalue weighted by atomic mass is 10.1. The molecule has 0 saturated carbocycles. The lowest BCUT2D eigenvalue weighted by molar-refractivity contribution is 0.102. The van der Waals surface area contributed by atoms with E-state index in [1.807, 2.05) is 42.3 Å². The van der Waals surface area contributed by atoms with Crippen molar-refractivity contribution in [2.75, 3.05) is 38.0 Å². The number of aromatic nitrogens is 2. The summed E-state index contributed by atoms with van der Waals surface area (Å²) < 4.78 is 23.8. The fourth-order valence-corrected chi connectivity index (χ4v) is 4.77. The number of nitrogens with one attached hydrogen (secondary N) is 1. The van der Waals surface area contributed by atoms with Gasteiger partial charge in [-0.15, -0.1) is 0 Å². The first-order valence-corrected chi connectivity index (χ1v) is 13.5. The molecule has 0 saturated heterocycles. The standard InChI is InChI=1S/C29H28ClFN4O3S/c1-35(15-14-19-6-13-24(37-2)25(16-19)38-3)27-17-26(30)33-29(34-27)39-18-20-4-7-21(8-5-20)28(36)32-23-11-9-22(31)10-12-23/h4-13,16-17H,14-15,18H2,1-3H3,(H,32,36). The molecule has 0 aliphatic heterocycles. The third-order valence-corrected chi connectivity index (χ3v) is 7.03. The van der Waals surface area contributed by atoms with Gasteiger partial charge in [0.15, 0.2) is 16.7 Å². The van der Waals surface area contributed by atoms with Gasteiger partial charge in [-0.25, -0.2) is 14.4 Å². The average molecular weight is 567 g/mol.